The van der Waals surface area contributed by atoms with Crippen molar-refractivity contribution in [3.8, 4) is 5.75 Å². The van der Waals surface area contributed by atoms with Gasteiger partial charge in [0.2, 0.25) is 0 Å². The molecular formula is C18H25NO4. The van der Waals surface area contributed by atoms with Gasteiger partial charge in [0, 0.05) is 13.6 Å². The number of amides is 1. The molecule has 5 nitrogen and oxygen atoms in total. The monoisotopic (exact) mass is 319 g/mol. The minimum Gasteiger partial charge on any atom is -0.484 e. The number of methoxy groups -OCH3 is 1. The number of likely N-dealkylation sites (N-methyl/N-ethyl adjacent to an activating group) is 1. The van der Waals surface area contributed by atoms with Crippen molar-refractivity contribution in [2.45, 2.75) is 32.1 Å². The minimum absolute atomic E-state index is 0.0147. The summed E-state index contributed by atoms with van der Waals surface area (Å²) >= 11 is 0. The van der Waals surface area contributed by atoms with Gasteiger partial charge in [0.25, 0.3) is 5.91 Å². The molecule has 1 amide bonds. The highest BCUT2D eigenvalue weighted by atomic mass is 16.5. The van der Waals surface area contributed by atoms with Crippen LogP contribution in [0.3, 0.4) is 0 Å². The molecule has 0 N–H and O–H groups in total. The fourth-order valence-electron chi connectivity index (χ4n) is 2.92. The maximum atomic E-state index is 12.1. The van der Waals surface area contributed by atoms with Gasteiger partial charge in [-0.3, -0.25) is 4.79 Å². The molecule has 1 aliphatic rings. The number of hydrogen-bond acceptors (Lipinski definition) is 4. The van der Waals surface area contributed by atoms with Crippen molar-refractivity contribution in [2.24, 2.45) is 5.92 Å². The molecule has 0 aromatic heterocycles. The molecule has 0 atom stereocenters. The Morgan fingerprint density at radius 3 is 2.39 bits per heavy atom. The number of carbonyl (C=O) groups excluding carboxylic acids is 2. The largest absolute Gasteiger partial charge is 0.484 e. The van der Waals surface area contributed by atoms with E-state index in [1.54, 1.807) is 29.2 Å². The molecule has 1 aliphatic carbocycles. The smallest absolute Gasteiger partial charge is 0.337 e. The first-order chi connectivity index (χ1) is 11.1. The summed E-state index contributed by atoms with van der Waals surface area (Å²) in [6.45, 7) is 0.824. The first kappa shape index (κ1) is 17.3. The zero-order chi connectivity index (χ0) is 16.7. The summed E-state index contributed by atoms with van der Waals surface area (Å²) < 4.78 is 10.1. The van der Waals surface area contributed by atoms with Crippen molar-refractivity contribution in [3.63, 3.8) is 0 Å². The summed E-state index contributed by atoms with van der Waals surface area (Å²) in [6, 6.07) is 6.58. The number of hydrogen-bond donors (Lipinski definition) is 0. The predicted molar refractivity (Wildman–Crippen MR) is 87.5 cm³/mol. The number of nitrogens with zero attached hydrogens (tertiary/aromatic N) is 1. The Morgan fingerprint density at radius 1 is 1.13 bits per heavy atom. The van der Waals surface area contributed by atoms with Crippen LogP contribution in [-0.2, 0) is 9.53 Å². The standard InChI is InChI=1S/C18H25NO4/c1-19(12-14-6-4-3-5-7-14)17(20)13-23-16-10-8-15(9-11-16)18(21)22-2/h8-11,14H,3-7,12-13H2,1-2H3. The molecule has 0 spiro atoms. The van der Waals surface area contributed by atoms with E-state index >= 15 is 0 Å². The third kappa shape index (κ3) is 5.27. The number of benzene rings is 1. The quantitative estimate of drug-likeness (QED) is 0.757. The average molecular weight is 319 g/mol. The van der Waals surface area contributed by atoms with E-state index in [2.05, 4.69) is 4.74 Å². The normalized spacial score (nSPS) is 15.0. The average Bonchev–Trinajstić information content (AvgIpc) is 2.60. The van der Waals surface area contributed by atoms with Gasteiger partial charge in [-0.1, -0.05) is 19.3 Å². The molecule has 0 heterocycles. The molecule has 0 unspecified atom stereocenters. The van der Waals surface area contributed by atoms with Gasteiger partial charge >= 0.3 is 5.97 Å². The molecule has 0 radical (unpaired) electrons. The van der Waals surface area contributed by atoms with E-state index in [4.69, 9.17) is 4.74 Å². The molecule has 1 aromatic rings. The molecule has 5 heteroatoms. The van der Waals surface area contributed by atoms with Crippen LogP contribution < -0.4 is 4.74 Å². The van der Waals surface area contributed by atoms with Crippen LogP contribution in [0.15, 0.2) is 24.3 Å². The summed E-state index contributed by atoms with van der Waals surface area (Å²) in [4.78, 5) is 25.2. The first-order valence-corrected chi connectivity index (χ1v) is 8.15. The highest BCUT2D eigenvalue weighted by molar-refractivity contribution is 5.89. The lowest BCUT2D eigenvalue weighted by molar-refractivity contribution is -0.132. The second-order valence-electron chi connectivity index (χ2n) is 6.08. The van der Waals surface area contributed by atoms with Crippen LogP contribution in [0.2, 0.25) is 0 Å². The van der Waals surface area contributed by atoms with Crippen molar-refractivity contribution in [3.05, 3.63) is 29.8 Å². The Hall–Kier alpha value is -2.04. The minimum atomic E-state index is -0.389. The Morgan fingerprint density at radius 2 is 1.78 bits per heavy atom. The maximum Gasteiger partial charge on any atom is 0.337 e. The van der Waals surface area contributed by atoms with Crippen molar-refractivity contribution in [2.75, 3.05) is 27.3 Å². The molecule has 23 heavy (non-hydrogen) atoms. The number of rotatable bonds is 6. The van der Waals surface area contributed by atoms with Gasteiger partial charge in [-0.05, 0) is 43.0 Å². The molecule has 1 aromatic carbocycles. The van der Waals surface area contributed by atoms with Crippen LogP contribution in [0.25, 0.3) is 0 Å². The summed E-state index contributed by atoms with van der Waals surface area (Å²) in [5, 5.41) is 0. The van der Waals surface area contributed by atoms with Crippen LogP contribution >= 0.6 is 0 Å². The van der Waals surface area contributed by atoms with E-state index in [1.165, 1.54) is 39.2 Å². The van der Waals surface area contributed by atoms with E-state index in [0.717, 1.165) is 6.54 Å². The number of esters is 1. The van der Waals surface area contributed by atoms with Crippen LogP contribution in [0, 0.1) is 5.92 Å². The zero-order valence-electron chi connectivity index (χ0n) is 13.9. The van der Waals surface area contributed by atoms with Gasteiger partial charge in [-0.25, -0.2) is 4.79 Å². The van der Waals surface area contributed by atoms with Crippen LogP contribution in [0.5, 0.6) is 5.75 Å². The predicted octanol–water partition coefficient (Wildman–Crippen LogP) is 2.89. The Balaban J connectivity index is 1.77. The lowest BCUT2D eigenvalue weighted by Crippen LogP contribution is -2.35. The summed E-state index contributed by atoms with van der Waals surface area (Å²) in [6.07, 6.45) is 6.30. The summed E-state index contributed by atoms with van der Waals surface area (Å²) in [5.74, 6) is 0.779. The van der Waals surface area contributed by atoms with E-state index in [0.29, 0.717) is 17.2 Å². The fourth-order valence-corrected chi connectivity index (χ4v) is 2.92. The molecular weight excluding hydrogens is 294 g/mol. The topological polar surface area (TPSA) is 55.8 Å². The van der Waals surface area contributed by atoms with Gasteiger partial charge in [-0.15, -0.1) is 0 Å². The van der Waals surface area contributed by atoms with E-state index in [9.17, 15) is 9.59 Å². The molecule has 1 saturated carbocycles. The first-order valence-electron chi connectivity index (χ1n) is 8.15. The highest BCUT2D eigenvalue weighted by Gasteiger charge is 2.18. The molecule has 0 bridgehead atoms. The van der Waals surface area contributed by atoms with Crippen molar-refractivity contribution in [1.29, 1.82) is 0 Å². The third-order valence-corrected chi connectivity index (χ3v) is 4.32. The Labute approximate surface area is 137 Å². The lowest BCUT2D eigenvalue weighted by Gasteiger charge is -2.27. The van der Waals surface area contributed by atoms with Gasteiger partial charge in [0.1, 0.15) is 5.75 Å². The number of ether oxygens (including phenoxy) is 2. The molecule has 1 fully saturated rings. The van der Waals surface area contributed by atoms with Gasteiger partial charge < -0.3 is 14.4 Å². The van der Waals surface area contributed by atoms with E-state index in [1.807, 2.05) is 7.05 Å². The summed E-state index contributed by atoms with van der Waals surface area (Å²) in [5.41, 5.74) is 0.459. The molecule has 2 rings (SSSR count). The van der Waals surface area contributed by atoms with Gasteiger partial charge in [-0.2, -0.15) is 0 Å². The second-order valence-corrected chi connectivity index (χ2v) is 6.08. The Bertz CT molecular complexity index is 520. The highest BCUT2D eigenvalue weighted by Crippen LogP contribution is 2.24. The zero-order valence-corrected chi connectivity index (χ0v) is 13.9. The van der Waals surface area contributed by atoms with E-state index in [-0.39, 0.29) is 18.5 Å². The van der Waals surface area contributed by atoms with Crippen molar-refractivity contribution in [1.82, 2.24) is 4.90 Å². The number of carbonyl (C=O) groups is 2. The molecule has 126 valence electrons. The van der Waals surface area contributed by atoms with Gasteiger partial charge in [0.15, 0.2) is 6.61 Å². The maximum absolute atomic E-state index is 12.1. The van der Waals surface area contributed by atoms with Gasteiger partial charge in [0.05, 0.1) is 12.7 Å². The van der Waals surface area contributed by atoms with Crippen molar-refractivity contribution < 1.29 is 19.1 Å². The van der Waals surface area contributed by atoms with Crippen molar-refractivity contribution >= 4 is 11.9 Å². The van der Waals surface area contributed by atoms with Crippen LogP contribution in [0.4, 0.5) is 0 Å². The molecule has 0 saturated heterocycles. The second kappa shape index (κ2) is 8.56. The SMILES string of the molecule is COC(=O)c1ccc(OCC(=O)N(C)CC2CCCCC2)cc1. The van der Waals surface area contributed by atoms with Crippen LogP contribution in [0.1, 0.15) is 42.5 Å². The molecule has 0 aliphatic heterocycles. The fraction of sp³-hybridized carbons (Fsp3) is 0.556. The van der Waals surface area contributed by atoms with Crippen LogP contribution in [-0.4, -0.2) is 44.1 Å². The lowest BCUT2D eigenvalue weighted by atomic mass is 9.89. The van der Waals surface area contributed by atoms with E-state index < -0.39 is 0 Å². The summed E-state index contributed by atoms with van der Waals surface area (Å²) in [7, 11) is 3.17. The third-order valence-electron chi connectivity index (χ3n) is 4.32. The Kier molecular flexibility index (Phi) is 6.44.